The van der Waals surface area contributed by atoms with Gasteiger partial charge < -0.3 is 0 Å². The van der Waals surface area contributed by atoms with E-state index in [1.165, 1.54) is 4.68 Å². The summed E-state index contributed by atoms with van der Waals surface area (Å²) in [5.74, 6) is -0.677. The smallest absolute Gasteiger partial charge is 0.267 e. The Morgan fingerprint density at radius 1 is 1.10 bits per heavy atom. The van der Waals surface area contributed by atoms with Crippen molar-refractivity contribution < 1.29 is 4.39 Å². The predicted molar refractivity (Wildman–Crippen MR) is 111 cm³/mol. The normalized spacial score (nSPS) is 10.8. The second-order valence-electron chi connectivity index (χ2n) is 6.57. The first-order valence-electron chi connectivity index (χ1n) is 8.76. The van der Waals surface area contributed by atoms with Crippen molar-refractivity contribution in [2.45, 2.75) is 13.5 Å². The van der Waals surface area contributed by atoms with Crippen molar-refractivity contribution in [3.05, 3.63) is 98.6 Å². The number of rotatable bonds is 3. The minimum Gasteiger partial charge on any atom is -0.267 e. The highest BCUT2D eigenvalue weighted by molar-refractivity contribution is 6.30. The first-order valence-corrected chi connectivity index (χ1v) is 9.14. The molecule has 7 heteroatoms. The molecule has 142 valence electrons. The summed E-state index contributed by atoms with van der Waals surface area (Å²) in [6, 6.07) is 15.0. The zero-order valence-electron chi connectivity index (χ0n) is 15.4. The lowest BCUT2D eigenvalue weighted by Gasteiger charge is -2.12. The van der Waals surface area contributed by atoms with Gasteiger partial charge >= 0.3 is 0 Å². The molecule has 0 atom stereocenters. The lowest BCUT2D eigenvalue weighted by Crippen LogP contribution is -2.24. The van der Waals surface area contributed by atoms with Crippen molar-refractivity contribution in [3.8, 4) is 11.3 Å². The number of pyridine rings is 1. The van der Waals surface area contributed by atoms with E-state index in [-0.39, 0.29) is 23.4 Å². The van der Waals surface area contributed by atoms with Crippen LogP contribution >= 0.6 is 11.6 Å². The van der Waals surface area contributed by atoms with Crippen LogP contribution in [0, 0.1) is 19.4 Å². The predicted octanol–water partition coefficient (Wildman–Crippen LogP) is 5.16. The van der Waals surface area contributed by atoms with Crippen molar-refractivity contribution in [1.82, 2.24) is 14.8 Å². The summed E-state index contributed by atoms with van der Waals surface area (Å²) in [6.45, 7) is 9.14. The SMILES string of the molecule is [C-]#[N+]c1ccc2c(=O)n(Cc3ccc(Cl)cc3)nc(-c3ccc(C)nc3F)c2c1. The fraction of sp³-hybridized carbons (Fsp3) is 0.0909. The van der Waals surface area contributed by atoms with Gasteiger partial charge in [-0.3, -0.25) is 4.79 Å². The highest BCUT2D eigenvalue weighted by Crippen LogP contribution is 2.29. The Hall–Kier alpha value is -3.56. The quantitative estimate of drug-likeness (QED) is 0.350. The molecular weight excluding hydrogens is 391 g/mol. The van der Waals surface area contributed by atoms with E-state index >= 15 is 0 Å². The Labute approximate surface area is 170 Å². The van der Waals surface area contributed by atoms with Crippen LogP contribution in [0.1, 0.15) is 11.3 Å². The van der Waals surface area contributed by atoms with E-state index in [4.69, 9.17) is 18.2 Å². The summed E-state index contributed by atoms with van der Waals surface area (Å²) in [5, 5.41) is 5.81. The van der Waals surface area contributed by atoms with Gasteiger partial charge in [0.15, 0.2) is 5.69 Å². The van der Waals surface area contributed by atoms with Crippen LogP contribution < -0.4 is 5.56 Å². The number of benzene rings is 2. The first-order chi connectivity index (χ1) is 14.0. The standard InChI is InChI=1S/C22H14ClFN4O/c1-13-3-9-18(21(24)26-13)20-19-11-16(25-2)8-10-17(19)22(29)28(27-20)12-14-4-6-15(23)7-5-14/h3-11H,12H2,1H3. The van der Waals surface area contributed by atoms with Crippen LogP contribution in [0.3, 0.4) is 0 Å². The van der Waals surface area contributed by atoms with Crippen LogP contribution in [0.5, 0.6) is 0 Å². The molecule has 0 radical (unpaired) electrons. The molecule has 0 aliphatic carbocycles. The molecule has 0 bridgehead atoms. The van der Waals surface area contributed by atoms with Gasteiger partial charge in [0.25, 0.3) is 5.56 Å². The number of hydrogen-bond acceptors (Lipinski definition) is 3. The molecule has 0 aliphatic rings. The topological polar surface area (TPSA) is 52.1 Å². The van der Waals surface area contributed by atoms with Crippen LogP contribution in [0.4, 0.5) is 10.1 Å². The minimum absolute atomic E-state index is 0.174. The third kappa shape index (κ3) is 3.60. The maximum absolute atomic E-state index is 14.6. The molecule has 0 saturated heterocycles. The summed E-state index contributed by atoms with van der Waals surface area (Å²) in [4.78, 5) is 20.3. The molecule has 2 heterocycles. The maximum Gasteiger partial charge on any atom is 0.274 e. The minimum atomic E-state index is -0.677. The van der Waals surface area contributed by atoms with E-state index in [1.807, 2.05) is 0 Å². The molecule has 0 aliphatic heterocycles. The van der Waals surface area contributed by atoms with Gasteiger partial charge in [-0.1, -0.05) is 35.9 Å². The van der Waals surface area contributed by atoms with Crippen LogP contribution in [-0.2, 0) is 6.54 Å². The summed E-state index contributed by atoms with van der Waals surface area (Å²) >= 11 is 5.93. The van der Waals surface area contributed by atoms with Gasteiger partial charge in [0.05, 0.1) is 18.7 Å². The van der Waals surface area contributed by atoms with Crippen molar-refractivity contribution in [2.24, 2.45) is 0 Å². The molecule has 0 amide bonds. The molecular formula is C22H14ClFN4O. The Morgan fingerprint density at radius 3 is 2.55 bits per heavy atom. The maximum atomic E-state index is 14.6. The second kappa shape index (κ2) is 7.46. The summed E-state index contributed by atoms with van der Waals surface area (Å²) in [6.07, 6.45) is 0. The molecule has 0 spiro atoms. The lowest BCUT2D eigenvalue weighted by atomic mass is 10.0. The number of aromatic nitrogens is 3. The summed E-state index contributed by atoms with van der Waals surface area (Å²) < 4.78 is 15.9. The highest BCUT2D eigenvalue weighted by atomic mass is 35.5. The second-order valence-corrected chi connectivity index (χ2v) is 7.01. The first kappa shape index (κ1) is 18.8. The molecule has 5 nitrogen and oxygen atoms in total. The van der Waals surface area contributed by atoms with E-state index in [2.05, 4.69) is 14.9 Å². The number of aryl methyl sites for hydroxylation is 1. The molecule has 4 aromatic rings. The third-order valence-electron chi connectivity index (χ3n) is 4.56. The van der Waals surface area contributed by atoms with Crippen LogP contribution in [0.2, 0.25) is 5.02 Å². The van der Waals surface area contributed by atoms with Gasteiger partial charge in [-0.25, -0.2) is 14.5 Å². The van der Waals surface area contributed by atoms with Crippen LogP contribution in [-0.4, -0.2) is 14.8 Å². The van der Waals surface area contributed by atoms with E-state index in [0.717, 1.165) is 5.56 Å². The van der Waals surface area contributed by atoms with Crippen molar-refractivity contribution >= 4 is 28.1 Å². The molecule has 2 aromatic heterocycles. The van der Waals surface area contributed by atoms with Crippen molar-refractivity contribution in [1.29, 1.82) is 0 Å². The zero-order chi connectivity index (χ0) is 20.5. The van der Waals surface area contributed by atoms with Gasteiger partial charge in [0.2, 0.25) is 5.95 Å². The monoisotopic (exact) mass is 404 g/mol. The average molecular weight is 405 g/mol. The van der Waals surface area contributed by atoms with E-state index in [0.29, 0.717) is 27.2 Å². The molecule has 0 unspecified atom stereocenters. The summed E-state index contributed by atoms with van der Waals surface area (Å²) in [7, 11) is 0. The molecule has 29 heavy (non-hydrogen) atoms. The fourth-order valence-corrected chi connectivity index (χ4v) is 3.24. The van der Waals surface area contributed by atoms with Gasteiger partial charge in [-0.15, -0.1) is 0 Å². The molecule has 0 saturated carbocycles. The zero-order valence-corrected chi connectivity index (χ0v) is 16.1. The van der Waals surface area contributed by atoms with Gasteiger partial charge in [-0.05, 0) is 42.8 Å². The largest absolute Gasteiger partial charge is 0.274 e. The number of halogens is 2. The van der Waals surface area contributed by atoms with Gasteiger partial charge in [-0.2, -0.15) is 9.49 Å². The number of fused-ring (bicyclic) bond motifs is 1. The van der Waals surface area contributed by atoms with Gasteiger partial charge in [0, 0.05) is 21.5 Å². The van der Waals surface area contributed by atoms with Crippen LogP contribution in [0.25, 0.3) is 26.9 Å². The Balaban J connectivity index is 1.98. The van der Waals surface area contributed by atoms with E-state index in [9.17, 15) is 9.18 Å². The highest BCUT2D eigenvalue weighted by Gasteiger charge is 2.17. The Morgan fingerprint density at radius 2 is 1.86 bits per heavy atom. The lowest BCUT2D eigenvalue weighted by molar-refractivity contribution is 0.581. The summed E-state index contributed by atoms with van der Waals surface area (Å²) in [5.41, 5.74) is 1.82. The van der Waals surface area contributed by atoms with Crippen molar-refractivity contribution in [2.75, 3.05) is 0 Å². The molecule has 0 N–H and O–H groups in total. The Bertz CT molecular complexity index is 1340. The number of nitrogens with zero attached hydrogens (tertiary/aromatic N) is 4. The van der Waals surface area contributed by atoms with Gasteiger partial charge in [0.1, 0.15) is 5.69 Å². The molecule has 0 fully saturated rings. The molecule has 4 rings (SSSR count). The fourth-order valence-electron chi connectivity index (χ4n) is 3.11. The average Bonchev–Trinajstić information content (AvgIpc) is 2.72. The molecule has 2 aromatic carbocycles. The third-order valence-corrected chi connectivity index (χ3v) is 4.81. The number of hydrogen-bond donors (Lipinski definition) is 0. The van der Waals surface area contributed by atoms with E-state index < -0.39 is 5.95 Å². The van der Waals surface area contributed by atoms with E-state index in [1.54, 1.807) is 61.5 Å². The Kier molecular flexibility index (Phi) is 4.83. The van der Waals surface area contributed by atoms with Crippen molar-refractivity contribution in [3.63, 3.8) is 0 Å². The van der Waals surface area contributed by atoms with Crippen LogP contribution in [0.15, 0.2) is 59.4 Å².